The predicted molar refractivity (Wildman–Crippen MR) is 58.0 cm³/mol. The lowest BCUT2D eigenvalue weighted by atomic mass is 10.2. The molecule has 1 N–H and O–H groups in total. The smallest absolute Gasteiger partial charge is 0.323 e. The summed E-state index contributed by atoms with van der Waals surface area (Å²) in [6.07, 6.45) is 3.24. The molecule has 1 rings (SSSR count). The lowest BCUT2D eigenvalue weighted by Crippen LogP contribution is -2.37. The molecule has 1 amide bonds. The number of carboxylic acids is 1. The molecule has 5 heteroatoms. The normalized spacial score (nSPS) is 14.8. The van der Waals surface area contributed by atoms with Crippen LogP contribution in [0.2, 0.25) is 0 Å². The van der Waals surface area contributed by atoms with E-state index in [0.29, 0.717) is 31.9 Å². The number of amides is 1. The Bertz CT molecular complexity index is 250. The van der Waals surface area contributed by atoms with Gasteiger partial charge in [-0.25, -0.2) is 0 Å². The molecule has 16 heavy (non-hydrogen) atoms. The summed E-state index contributed by atoms with van der Waals surface area (Å²) in [6.45, 7) is 0.955. The Morgan fingerprint density at radius 3 is 2.62 bits per heavy atom. The van der Waals surface area contributed by atoms with Gasteiger partial charge in [0.25, 0.3) is 0 Å². The average molecular weight is 229 g/mol. The standard InChI is InChI=1S/C11H19NO4/c1-16-6-2-3-10(13)12(8-11(14)15)7-9-4-5-9/h9H,2-8H2,1H3,(H,14,15). The maximum atomic E-state index is 11.7. The molecule has 1 fully saturated rings. The molecular formula is C11H19NO4. The van der Waals surface area contributed by atoms with Gasteiger partial charge in [-0.2, -0.15) is 0 Å². The van der Waals surface area contributed by atoms with Gasteiger partial charge in [-0.3, -0.25) is 9.59 Å². The van der Waals surface area contributed by atoms with Gasteiger partial charge >= 0.3 is 5.97 Å². The number of hydrogen-bond acceptors (Lipinski definition) is 3. The quantitative estimate of drug-likeness (QED) is 0.623. The SMILES string of the molecule is COCCCC(=O)N(CC(=O)O)CC1CC1. The van der Waals surface area contributed by atoms with Gasteiger partial charge in [0.15, 0.2) is 0 Å². The summed E-state index contributed by atoms with van der Waals surface area (Å²) >= 11 is 0. The molecular weight excluding hydrogens is 210 g/mol. The molecule has 0 bridgehead atoms. The van der Waals surface area contributed by atoms with Crippen LogP contribution in [0.25, 0.3) is 0 Å². The Morgan fingerprint density at radius 2 is 2.12 bits per heavy atom. The van der Waals surface area contributed by atoms with Crippen molar-refractivity contribution in [1.29, 1.82) is 0 Å². The van der Waals surface area contributed by atoms with Gasteiger partial charge in [-0.05, 0) is 25.2 Å². The molecule has 1 saturated carbocycles. The second-order valence-corrected chi connectivity index (χ2v) is 4.21. The summed E-state index contributed by atoms with van der Waals surface area (Å²) in [6, 6.07) is 0. The first-order valence-electron chi connectivity index (χ1n) is 5.62. The number of methoxy groups -OCH3 is 1. The Labute approximate surface area is 95.4 Å². The van der Waals surface area contributed by atoms with E-state index in [-0.39, 0.29) is 12.5 Å². The summed E-state index contributed by atoms with van der Waals surface area (Å²) in [4.78, 5) is 23.8. The highest BCUT2D eigenvalue weighted by atomic mass is 16.5. The highest BCUT2D eigenvalue weighted by molar-refractivity contribution is 5.81. The molecule has 0 heterocycles. The Hall–Kier alpha value is -1.10. The number of ether oxygens (including phenoxy) is 1. The molecule has 5 nitrogen and oxygen atoms in total. The van der Waals surface area contributed by atoms with E-state index in [1.165, 1.54) is 4.90 Å². The number of nitrogens with zero attached hydrogens (tertiary/aromatic N) is 1. The van der Waals surface area contributed by atoms with Crippen LogP contribution in [0, 0.1) is 5.92 Å². The van der Waals surface area contributed by atoms with Crippen LogP contribution in [-0.4, -0.2) is 48.7 Å². The maximum Gasteiger partial charge on any atom is 0.323 e. The molecule has 1 aliphatic carbocycles. The number of carbonyl (C=O) groups excluding carboxylic acids is 1. The average Bonchev–Trinajstić information content (AvgIpc) is 3.00. The van der Waals surface area contributed by atoms with Gasteiger partial charge in [0.2, 0.25) is 5.91 Å². The zero-order chi connectivity index (χ0) is 12.0. The van der Waals surface area contributed by atoms with Crippen LogP contribution < -0.4 is 0 Å². The highest BCUT2D eigenvalue weighted by Gasteiger charge is 2.27. The van der Waals surface area contributed by atoms with Crippen LogP contribution in [0.15, 0.2) is 0 Å². The summed E-state index contributed by atoms with van der Waals surface area (Å²) in [5, 5.41) is 8.72. The van der Waals surface area contributed by atoms with Crippen LogP contribution >= 0.6 is 0 Å². The zero-order valence-corrected chi connectivity index (χ0v) is 9.65. The van der Waals surface area contributed by atoms with E-state index in [1.807, 2.05) is 0 Å². The number of aliphatic carboxylic acids is 1. The van der Waals surface area contributed by atoms with E-state index in [2.05, 4.69) is 0 Å². The second kappa shape index (κ2) is 6.48. The summed E-state index contributed by atoms with van der Waals surface area (Å²) in [7, 11) is 1.59. The van der Waals surface area contributed by atoms with Crippen molar-refractivity contribution in [3.63, 3.8) is 0 Å². The van der Waals surface area contributed by atoms with Gasteiger partial charge in [-0.15, -0.1) is 0 Å². The summed E-state index contributed by atoms with van der Waals surface area (Å²) in [5.41, 5.74) is 0. The summed E-state index contributed by atoms with van der Waals surface area (Å²) < 4.78 is 4.86. The third-order valence-electron chi connectivity index (χ3n) is 2.59. The molecule has 0 aliphatic heterocycles. The van der Waals surface area contributed by atoms with Gasteiger partial charge in [0.1, 0.15) is 6.54 Å². The molecule has 92 valence electrons. The molecule has 1 aliphatic rings. The van der Waals surface area contributed by atoms with Crippen LogP contribution in [0.3, 0.4) is 0 Å². The van der Waals surface area contributed by atoms with Crippen molar-refractivity contribution < 1.29 is 19.4 Å². The summed E-state index contributed by atoms with van der Waals surface area (Å²) in [5.74, 6) is -0.502. The zero-order valence-electron chi connectivity index (χ0n) is 9.65. The molecule has 0 spiro atoms. The Balaban J connectivity index is 2.33. The fraction of sp³-hybridized carbons (Fsp3) is 0.818. The van der Waals surface area contributed by atoms with E-state index >= 15 is 0 Å². The van der Waals surface area contributed by atoms with Crippen molar-refractivity contribution in [2.24, 2.45) is 5.92 Å². The van der Waals surface area contributed by atoms with Crippen LogP contribution in [0.1, 0.15) is 25.7 Å². The minimum atomic E-state index is -0.944. The fourth-order valence-electron chi connectivity index (χ4n) is 1.56. The van der Waals surface area contributed by atoms with Crippen LogP contribution in [0.4, 0.5) is 0 Å². The van der Waals surface area contributed by atoms with Crippen molar-refractivity contribution in [2.75, 3.05) is 26.8 Å². The van der Waals surface area contributed by atoms with Crippen molar-refractivity contribution >= 4 is 11.9 Å². The molecule has 0 aromatic carbocycles. The third-order valence-corrected chi connectivity index (χ3v) is 2.59. The number of hydrogen-bond donors (Lipinski definition) is 1. The van der Waals surface area contributed by atoms with Gasteiger partial charge in [0, 0.05) is 26.7 Å². The van der Waals surface area contributed by atoms with Crippen LogP contribution in [-0.2, 0) is 14.3 Å². The van der Waals surface area contributed by atoms with Crippen molar-refractivity contribution in [2.45, 2.75) is 25.7 Å². The first-order valence-corrected chi connectivity index (χ1v) is 5.62. The number of carbonyl (C=O) groups is 2. The monoisotopic (exact) mass is 229 g/mol. The molecule has 0 radical (unpaired) electrons. The van der Waals surface area contributed by atoms with Crippen molar-refractivity contribution in [1.82, 2.24) is 4.90 Å². The molecule has 0 saturated heterocycles. The van der Waals surface area contributed by atoms with E-state index in [9.17, 15) is 9.59 Å². The topological polar surface area (TPSA) is 66.8 Å². The van der Waals surface area contributed by atoms with Gasteiger partial charge in [-0.1, -0.05) is 0 Å². The second-order valence-electron chi connectivity index (χ2n) is 4.21. The van der Waals surface area contributed by atoms with Gasteiger partial charge in [0.05, 0.1) is 0 Å². The Kier molecular flexibility index (Phi) is 5.25. The van der Waals surface area contributed by atoms with Crippen molar-refractivity contribution in [3.8, 4) is 0 Å². The fourth-order valence-corrected chi connectivity index (χ4v) is 1.56. The lowest BCUT2D eigenvalue weighted by Gasteiger charge is -2.20. The highest BCUT2D eigenvalue weighted by Crippen LogP contribution is 2.29. The molecule has 0 atom stereocenters. The minimum absolute atomic E-state index is 0.0775. The first-order chi connectivity index (χ1) is 7.63. The largest absolute Gasteiger partial charge is 0.480 e. The van der Waals surface area contributed by atoms with E-state index in [1.54, 1.807) is 7.11 Å². The van der Waals surface area contributed by atoms with Gasteiger partial charge < -0.3 is 14.7 Å². The molecule has 0 unspecified atom stereocenters. The van der Waals surface area contributed by atoms with E-state index < -0.39 is 5.97 Å². The minimum Gasteiger partial charge on any atom is -0.480 e. The number of rotatable bonds is 8. The third kappa shape index (κ3) is 5.11. The predicted octanol–water partition coefficient (Wildman–Crippen LogP) is 0.736. The molecule has 0 aromatic heterocycles. The van der Waals surface area contributed by atoms with Crippen LogP contribution in [0.5, 0.6) is 0 Å². The van der Waals surface area contributed by atoms with Crippen molar-refractivity contribution in [3.05, 3.63) is 0 Å². The molecule has 0 aromatic rings. The van der Waals surface area contributed by atoms with E-state index in [0.717, 1.165) is 12.8 Å². The lowest BCUT2D eigenvalue weighted by molar-refractivity contribution is -0.144. The maximum absolute atomic E-state index is 11.7. The Morgan fingerprint density at radius 1 is 1.44 bits per heavy atom. The van der Waals surface area contributed by atoms with E-state index in [4.69, 9.17) is 9.84 Å². The number of carboxylic acid groups (broad SMARTS) is 1. The first kappa shape index (κ1) is 13.0.